The van der Waals surface area contributed by atoms with Gasteiger partial charge in [0.15, 0.2) is 0 Å². The molecule has 0 aromatic heterocycles. The summed E-state index contributed by atoms with van der Waals surface area (Å²) in [6.07, 6.45) is 1.80. The van der Waals surface area contributed by atoms with Crippen molar-refractivity contribution >= 4 is 0 Å². The fourth-order valence-corrected chi connectivity index (χ4v) is 4.05. The summed E-state index contributed by atoms with van der Waals surface area (Å²) in [5.41, 5.74) is -0.0644. The van der Waals surface area contributed by atoms with Gasteiger partial charge in [-0.05, 0) is 51.5 Å². The summed E-state index contributed by atoms with van der Waals surface area (Å²) in [5, 5.41) is 11.2. The number of aliphatic hydroxyl groups is 1. The summed E-state index contributed by atoms with van der Waals surface area (Å²) in [6, 6.07) is 10.5. The first kappa shape index (κ1) is 13.1. The number of hydrogen-bond acceptors (Lipinski definition) is 2. The van der Waals surface area contributed by atoms with Crippen LogP contribution in [0, 0.1) is 5.92 Å². The molecule has 0 radical (unpaired) electrons. The molecule has 0 amide bonds. The van der Waals surface area contributed by atoms with Gasteiger partial charge in [-0.1, -0.05) is 30.3 Å². The van der Waals surface area contributed by atoms with Gasteiger partial charge < -0.3 is 9.84 Å². The molecule has 19 heavy (non-hydrogen) atoms. The molecule has 1 heterocycles. The van der Waals surface area contributed by atoms with Crippen molar-refractivity contribution in [2.45, 2.75) is 63.3 Å². The van der Waals surface area contributed by atoms with Crippen LogP contribution in [0.15, 0.2) is 30.3 Å². The monoisotopic (exact) mass is 260 g/mol. The summed E-state index contributed by atoms with van der Waals surface area (Å²) >= 11 is 0. The van der Waals surface area contributed by atoms with Crippen LogP contribution in [0.3, 0.4) is 0 Å². The fraction of sp³-hybridized carbons (Fsp3) is 0.647. The fourth-order valence-electron chi connectivity index (χ4n) is 4.05. The van der Waals surface area contributed by atoms with Crippen LogP contribution in [0.2, 0.25) is 0 Å². The molecule has 2 nitrogen and oxygen atoms in total. The zero-order chi connectivity index (χ0) is 13.9. The Balaban J connectivity index is 1.85. The van der Waals surface area contributed by atoms with E-state index in [-0.39, 0.29) is 5.60 Å². The second-order valence-electron chi connectivity index (χ2n) is 7.33. The molecule has 1 saturated heterocycles. The van der Waals surface area contributed by atoms with Gasteiger partial charge in [0.2, 0.25) is 0 Å². The average molecular weight is 260 g/mol. The van der Waals surface area contributed by atoms with Gasteiger partial charge >= 0.3 is 0 Å². The zero-order valence-electron chi connectivity index (χ0n) is 12.3. The highest BCUT2D eigenvalue weighted by atomic mass is 16.5. The minimum absolute atomic E-state index is 0.234. The smallest absolute Gasteiger partial charge is 0.0992 e. The normalized spacial score (nSPS) is 39.2. The van der Waals surface area contributed by atoms with E-state index in [0.29, 0.717) is 11.8 Å². The predicted molar refractivity (Wildman–Crippen MR) is 76.1 cm³/mol. The topological polar surface area (TPSA) is 29.5 Å². The van der Waals surface area contributed by atoms with Crippen LogP contribution in [-0.2, 0) is 4.74 Å². The Morgan fingerprint density at radius 3 is 2.26 bits per heavy atom. The van der Waals surface area contributed by atoms with Crippen molar-refractivity contribution in [2.75, 3.05) is 0 Å². The van der Waals surface area contributed by atoms with Crippen LogP contribution in [0.25, 0.3) is 0 Å². The van der Waals surface area contributed by atoms with Gasteiger partial charge in [-0.15, -0.1) is 0 Å². The highest BCUT2D eigenvalue weighted by molar-refractivity contribution is 5.30. The lowest BCUT2D eigenvalue weighted by molar-refractivity contribution is -0.134. The van der Waals surface area contributed by atoms with Crippen LogP contribution >= 0.6 is 0 Å². The molecule has 3 unspecified atom stereocenters. The molecular formula is C17H24O2. The summed E-state index contributed by atoms with van der Waals surface area (Å²) in [5.74, 6) is 0.814. The van der Waals surface area contributed by atoms with Crippen molar-refractivity contribution in [1.82, 2.24) is 0 Å². The Hall–Kier alpha value is -0.860. The van der Waals surface area contributed by atoms with Crippen molar-refractivity contribution in [3.63, 3.8) is 0 Å². The summed E-state index contributed by atoms with van der Waals surface area (Å²) < 4.78 is 6.09. The van der Waals surface area contributed by atoms with Gasteiger partial charge in [0.05, 0.1) is 16.8 Å². The first-order chi connectivity index (χ1) is 8.75. The van der Waals surface area contributed by atoms with E-state index in [0.717, 1.165) is 12.8 Å². The molecule has 3 atom stereocenters. The van der Waals surface area contributed by atoms with E-state index in [9.17, 15) is 5.11 Å². The third kappa shape index (κ3) is 2.02. The minimum atomic E-state index is -0.711. The van der Waals surface area contributed by atoms with E-state index in [1.54, 1.807) is 0 Å². The molecule has 104 valence electrons. The van der Waals surface area contributed by atoms with E-state index in [1.165, 1.54) is 5.56 Å². The molecule has 1 aliphatic carbocycles. The maximum atomic E-state index is 11.2. The standard InChI is InChI=1S/C17H24O2/c1-15(2)11-17(18,16(3,4)19-15)14-10-13(14)12-8-6-5-7-9-12/h5-9,13-14,18H,10-11H2,1-4H3. The number of ether oxygens (including phenoxy) is 1. The Morgan fingerprint density at radius 1 is 1.11 bits per heavy atom. The van der Waals surface area contributed by atoms with Crippen LogP contribution < -0.4 is 0 Å². The van der Waals surface area contributed by atoms with Gasteiger partial charge in [0.25, 0.3) is 0 Å². The quantitative estimate of drug-likeness (QED) is 0.882. The van der Waals surface area contributed by atoms with E-state index >= 15 is 0 Å². The molecule has 1 aliphatic heterocycles. The third-order valence-corrected chi connectivity index (χ3v) is 4.90. The Kier molecular flexibility index (Phi) is 2.65. The Labute approximate surface area is 115 Å². The molecular weight excluding hydrogens is 236 g/mol. The van der Waals surface area contributed by atoms with E-state index < -0.39 is 11.2 Å². The van der Waals surface area contributed by atoms with E-state index in [2.05, 4.69) is 38.1 Å². The van der Waals surface area contributed by atoms with Crippen LogP contribution in [0.5, 0.6) is 0 Å². The van der Waals surface area contributed by atoms with Gasteiger partial charge in [-0.25, -0.2) is 0 Å². The molecule has 0 spiro atoms. The molecule has 1 N–H and O–H groups in total. The van der Waals surface area contributed by atoms with Crippen LogP contribution in [0.4, 0.5) is 0 Å². The average Bonchev–Trinajstić information content (AvgIpc) is 3.04. The number of hydrogen-bond donors (Lipinski definition) is 1. The van der Waals surface area contributed by atoms with Crippen LogP contribution in [-0.4, -0.2) is 21.9 Å². The van der Waals surface area contributed by atoms with Gasteiger partial charge in [-0.2, -0.15) is 0 Å². The molecule has 2 aliphatic rings. The summed E-state index contributed by atoms with van der Waals surface area (Å²) in [7, 11) is 0. The van der Waals surface area contributed by atoms with Crippen molar-refractivity contribution < 1.29 is 9.84 Å². The second-order valence-corrected chi connectivity index (χ2v) is 7.33. The van der Waals surface area contributed by atoms with Crippen molar-refractivity contribution in [3.05, 3.63) is 35.9 Å². The largest absolute Gasteiger partial charge is 0.386 e. The highest BCUT2D eigenvalue weighted by Gasteiger charge is 2.65. The lowest BCUT2D eigenvalue weighted by Gasteiger charge is -2.35. The number of benzene rings is 1. The predicted octanol–water partition coefficient (Wildman–Crippen LogP) is 3.50. The first-order valence-electron chi connectivity index (χ1n) is 7.23. The summed E-state index contributed by atoms with van der Waals surface area (Å²) in [6.45, 7) is 8.21. The molecule has 1 saturated carbocycles. The lowest BCUT2D eigenvalue weighted by Crippen LogP contribution is -2.48. The highest BCUT2D eigenvalue weighted by Crippen LogP contribution is 2.62. The molecule has 0 bridgehead atoms. The van der Waals surface area contributed by atoms with E-state index in [4.69, 9.17) is 4.74 Å². The molecule has 1 aromatic rings. The van der Waals surface area contributed by atoms with Gasteiger partial charge in [0.1, 0.15) is 0 Å². The Morgan fingerprint density at radius 2 is 1.74 bits per heavy atom. The van der Waals surface area contributed by atoms with E-state index in [1.807, 2.05) is 19.9 Å². The van der Waals surface area contributed by atoms with Crippen molar-refractivity contribution in [3.8, 4) is 0 Å². The second kappa shape index (κ2) is 3.83. The minimum Gasteiger partial charge on any atom is -0.386 e. The number of rotatable bonds is 2. The third-order valence-electron chi connectivity index (χ3n) is 4.90. The molecule has 2 fully saturated rings. The maximum absolute atomic E-state index is 11.2. The van der Waals surface area contributed by atoms with Crippen LogP contribution in [0.1, 0.15) is 52.0 Å². The van der Waals surface area contributed by atoms with Gasteiger partial charge in [0, 0.05) is 6.42 Å². The summed E-state index contributed by atoms with van der Waals surface area (Å²) in [4.78, 5) is 0. The molecule has 1 aromatic carbocycles. The Bertz CT molecular complexity index is 477. The molecule has 3 rings (SSSR count). The first-order valence-corrected chi connectivity index (χ1v) is 7.23. The SMILES string of the molecule is CC1(C)CC(O)(C2CC2c2ccccc2)C(C)(C)O1. The van der Waals surface area contributed by atoms with Gasteiger partial charge in [-0.3, -0.25) is 0 Å². The lowest BCUT2D eigenvalue weighted by atomic mass is 9.77. The maximum Gasteiger partial charge on any atom is 0.0992 e. The molecule has 2 heteroatoms. The van der Waals surface area contributed by atoms with Crippen molar-refractivity contribution in [2.24, 2.45) is 5.92 Å². The van der Waals surface area contributed by atoms with Crippen molar-refractivity contribution in [1.29, 1.82) is 0 Å². The zero-order valence-corrected chi connectivity index (χ0v) is 12.3.